The number of nitrogens with zero attached hydrogens (tertiary/aromatic N) is 1. The predicted octanol–water partition coefficient (Wildman–Crippen LogP) is 3.58. The first-order chi connectivity index (χ1) is 9.16. The van der Waals surface area contributed by atoms with Crippen molar-refractivity contribution < 1.29 is 4.74 Å². The van der Waals surface area contributed by atoms with E-state index >= 15 is 0 Å². The highest BCUT2D eigenvalue weighted by Crippen LogP contribution is 2.28. The molecule has 0 bridgehead atoms. The average molecular weight is 278 g/mol. The van der Waals surface area contributed by atoms with Gasteiger partial charge in [-0.05, 0) is 44.0 Å². The summed E-state index contributed by atoms with van der Waals surface area (Å²) in [6.45, 7) is 11.9. The van der Waals surface area contributed by atoms with Crippen LogP contribution in [0.2, 0.25) is 0 Å². The molecule has 0 fully saturated rings. The quantitative estimate of drug-likeness (QED) is 0.894. The van der Waals surface area contributed by atoms with Crippen molar-refractivity contribution in [3.8, 4) is 5.75 Å². The van der Waals surface area contributed by atoms with Crippen molar-refractivity contribution in [3.05, 3.63) is 29.3 Å². The van der Waals surface area contributed by atoms with Crippen LogP contribution in [0, 0.1) is 5.41 Å². The van der Waals surface area contributed by atoms with Crippen LogP contribution in [-0.4, -0.2) is 25.1 Å². The van der Waals surface area contributed by atoms with E-state index in [1.54, 1.807) is 7.11 Å². The van der Waals surface area contributed by atoms with Crippen molar-refractivity contribution in [1.82, 2.24) is 4.90 Å². The second kappa shape index (κ2) is 6.59. The molecule has 3 nitrogen and oxygen atoms in total. The van der Waals surface area contributed by atoms with Gasteiger partial charge in [0.25, 0.3) is 0 Å². The number of hydrogen-bond acceptors (Lipinski definition) is 3. The third kappa shape index (κ3) is 4.22. The van der Waals surface area contributed by atoms with E-state index in [1.807, 2.05) is 19.1 Å². The lowest BCUT2D eigenvalue weighted by Crippen LogP contribution is -2.38. The van der Waals surface area contributed by atoms with Gasteiger partial charge in [0.05, 0.1) is 7.11 Å². The van der Waals surface area contributed by atoms with Gasteiger partial charge in [-0.2, -0.15) is 0 Å². The fourth-order valence-corrected chi connectivity index (χ4v) is 2.27. The summed E-state index contributed by atoms with van der Waals surface area (Å²) in [4.78, 5) is 2.36. The van der Waals surface area contributed by atoms with E-state index in [0.29, 0.717) is 6.04 Å². The highest BCUT2D eigenvalue weighted by atomic mass is 16.5. The molecule has 0 heterocycles. The number of rotatable bonds is 5. The summed E-state index contributed by atoms with van der Waals surface area (Å²) in [5, 5.41) is 0. The summed E-state index contributed by atoms with van der Waals surface area (Å²) >= 11 is 0. The minimum Gasteiger partial charge on any atom is -0.496 e. The minimum atomic E-state index is 0.0463. The van der Waals surface area contributed by atoms with Gasteiger partial charge in [-0.25, -0.2) is 0 Å². The van der Waals surface area contributed by atoms with Crippen molar-refractivity contribution >= 4 is 0 Å². The maximum atomic E-state index is 5.98. The molecule has 0 saturated carbocycles. The van der Waals surface area contributed by atoms with E-state index < -0.39 is 0 Å². The maximum absolute atomic E-state index is 5.98. The molecule has 3 heteroatoms. The van der Waals surface area contributed by atoms with E-state index in [2.05, 4.69) is 45.7 Å². The van der Waals surface area contributed by atoms with E-state index in [4.69, 9.17) is 10.5 Å². The Balaban J connectivity index is 2.98. The Kier molecular flexibility index (Phi) is 5.60. The second-order valence-electron chi connectivity index (χ2n) is 6.82. The Hall–Kier alpha value is -1.06. The largest absolute Gasteiger partial charge is 0.496 e. The topological polar surface area (TPSA) is 38.5 Å². The summed E-state index contributed by atoms with van der Waals surface area (Å²) in [5.41, 5.74) is 8.58. The van der Waals surface area contributed by atoms with Crippen LogP contribution in [0.15, 0.2) is 18.2 Å². The number of ether oxygens (including phenoxy) is 1. The summed E-state index contributed by atoms with van der Waals surface area (Å²) in [6.07, 6.45) is 0. The average Bonchev–Trinajstić information content (AvgIpc) is 2.36. The molecule has 0 aliphatic carbocycles. The Morgan fingerprint density at radius 3 is 2.30 bits per heavy atom. The molecule has 0 spiro atoms. The summed E-state index contributed by atoms with van der Waals surface area (Å²) in [7, 11) is 3.88. The van der Waals surface area contributed by atoms with Crippen LogP contribution in [0.4, 0.5) is 0 Å². The van der Waals surface area contributed by atoms with Gasteiger partial charge in [0.1, 0.15) is 5.75 Å². The van der Waals surface area contributed by atoms with Crippen LogP contribution in [-0.2, 0) is 6.54 Å². The number of nitrogens with two attached hydrogens (primary N) is 1. The molecule has 1 aromatic rings. The molecule has 0 aromatic heterocycles. The van der Waals surface area contributed by atoms with Gasteiger partial charge in [0.15, 0.2) is 0 Å². The summed E-state index contributed by atoms with van der Waals surface area (Å²) in [5.74, 6) is 0.933. The minimum absolute atomic E-state index is 0.0463. The zero-order chi connectivity index (χ0) is 15.5. The highest BCUT2D eigenvalue weighted by Gasteiger charge is 2.24. The zero-order valence-electron chi connectivity index (χ0n) is 14.0. The molecule has 0 radical (unpaired) electrons. The molecule has 0 amide bonds. The van der Waals surface area contributed by atoms with Crippen LogP contribution in [0.5, 0.6) is 5.75 Å². The van der Waals surface area contributed by atoms with Gasteiger partial charge in [0, 0.05) is 24.2 Å². The van der Waals surface area contributed by atoms with Crippen molar-refractivity contribution in [2.45, 2.75) is 53.2 Å². The van der Waals surface area contributed by atoms with Crippen molar-refractivity contribution in [3.63, 3.8) is 0 Å². The third-order valence-corrected chi connectivity index (χ3v) is 4.16. The Morgan fingerprint density at radius 2 is 1.85 bits per heavy atom. The van der Waals surface area contributed by atoms with E-state index in [1.165, 1.54) is 5.56 Å². The SMILES string of the molecule is COc1ccc(C(C)N)cc1CN(C)C(C)C(C)(C)C. The van der Waals surface area contributed by atoms with Gasteiger partial charge in [-0.3, -0.25) is 4.90 Å². The first-order valence-corrected chi connectivity index (χ1v) is 7.29. The standard InChI is InChI=1S/C17H30N2O/c1-12(18)14-8-9-16(20-7)15(10-14)11-19(6)13(2)17(3,4)5/h8-10,12-13H,11,18H2,1-7H3. The van der Waals surface area contributed by atoms with Crippen LogP contribution >= 0.6 is 0 Å². The van der Waals surface area contributed by atoms with Gasteiger partial charge in [0.2, 0.25) is 0 Å². The van der Waals surface area contributed by atoms with Gasteiger partial charge in [-0.15, -0.1) is 0 Å². The summed E-state index contributed by atoms with van der Waals surface area (Å²) < 4.78 is 5.48. The van der Waals surface area contributed by atoms with Crippen LogP contribution in [0.25, 0.3) is 0 Å². The third-order valence-electron chi connectivity index (χ3n) is 4.16. The lowest BCUT2D eigenvalue weighted by Gasteiger charge is -2.35. The fourth-order valence-electron chi connectivity index (χ4n) is 2.27. The maximum Gasteiger partial charge on any atom is 0.123 e. The molecule has 2 N–H and O–H groups in total. The smallest absolute Gasteiger partial charge is 0.123 e. The van der Waals surface area contributed by atoms with Crippen molar-refractivity contribution in [2.75, 3.05) is 14.2 Å². The highest BCUT2D eigenvalue weighted by molar-refractivity contribution is 5.38. The number of benzene rings is 1. The van der Waals surface area contributed by atoms with Crippen molar-refractivity contribution in [2.24, 2.45) is 11.1 Å². The van der Waals surface area contributed by atoms with E-state index in [0.717, 1.165) is 17.9 Å². The summed E-state index contributed by atoms with van der Waals surface area (Å²) in [6, 6.07) is 6.75. The van der Waals surface area contributed by atoms with E-state index in [-0.39, 0.29) is 11.5 Å². The Labute approximate surface area is 124 Å². The fraction of sp³-hybridized carbons (Fsp3) is 0.647. The molecule has 0 aliphatic rings. The predicted molar refractivity (Wildman–Crippen MR) is 86.0 cm³/mol. The monoisotopic (exact) mass is 278 g/mol. The molecule has 2 atom stereocenters. The molecular formula is C17H30N2O. The molecule has 1 rings (SSSR count). The lowest BCUT2D eigenvalue weighted by atomic mass is 9.87. The number of methoxy groups -OCH3 is 1. The van der Waals surface area contributed by atoms with Crippen LogP contribution < -0.4 is 10.5 Å². The van der Waals surface area contributed by atoms with Gasteiger partial charge in [-0.1, -0.05) is 26.8 Å². The normalized spacial score (nSPS) is 15.2. The molecule has 0 aliphatic heterocycles. The number of hydrogen-bond donors (Lipinski definition) is 1. The second-order valence-corrected chi connectivity index (χ2v) is 6.82. The Bertz CT molecular complexity index is 435. The molecular weight excluding hydrogens is 248 g/mol. The molecule has 1 aromatic carbocycles. The molecule has 114 valence electrons. The van der Waals surface area contributed by atoms with Crippen molar-refractivity contribution in [1.29, 1.82) is 0 Å². The molecule has 0 saturated heterocycles. The van der Waals surface area contributed by atoms with E-state index in [9.17, 15) is 0 Å². The zero-order valence-corrected chi connectivity index (χ0v) is 14.0. The van der Waals surface area contributed by atoms with Crippen LogP contribution in [0.3, 0.4) is 0 Å². The first-order valence-electron chi connectivity index (χ1n) is 7.29. The molecule has 2 unspecified atom stereocenters. The molecule has 20 heavy (non-hydrogen) atoms. The first kappa shape index (κ1) is 17.0. The van der Waals surface area contributed by atoms with Gasteiger partial charge >= 0.3 is 0 Å². The lowest BCUT2D eigenvalue weighted by molar-refractivity contribution is 0.133. The van der Waals surface area contributed by atoms with Gasteiger partial charge < -0.3 is 10.5 Å². The van der Waals surface area contributed by atoms with Crippen LogP contribution in [0.1, 0.15) is 51.8 Å². The Morgan fingerprint density at radius 1 is 1.25 bits per heavy atom.